The van der Waals surface area contributed by atoms with Gasteiger partial charge in [-0.1, -0.05) is 54.6 Å². The average Bonchev–Trinajstić information content (AvgIpc) is 3.34. The molecular formula is C31H32FN3O4. The Morgan fingerprint density at radius 1 is 0.872 bits per heavy atom. The number of halogens is 1. The second kappa shape index (κ2) is 11.8. The van der Waals surface area contributed by atoms with E-state index in [4.69, 9.17) is 14.2 Å². The van der Waals surface area contributed by atoms with Crippen molar-refractivity contribution in [2.75, 3.05) is 26.1 Å². The van der Waals surface area contributed by atoms with Crippen LogP contribution in [0.3, 0.4) is 0 Å². The normalized spacial score (nSPS) is 19.0. The summed E-state index contributed by atoms with van der Waals surface area (Å²) >= 11 is 0. The highest BCUT2D eigenvalue weighted by Crippen LogP contribution is 2.43. The van der Waals surface area contributed by atoms with Gasteiger partial charge in [-0.25, -0.2) is 14.4 Å². The fraction of sp³-hybridized carbons (Fsp3) is 0.290. The van der Waals surface area contributed by atoms with Gasteiger partial charge >= 0.3 is 0 Å². The molecule has 39 heavy (non-hydrogen) atoms. The number of benzene rings is 3. The zero-order valence-corrected chi connectivity index (χ0v) is 22.0. The van der Waals surface area contributed by atoms with Crippen LogP contribution in [0.5, 0.6) is 11.5 Å². The third kappa shape index (κ3) is 5.57. The summed E-state index contributed by atoms with van der Waals surface area (Å²) in [6.07, 6.45) is 2.86. The number of rotatable bonds is 10. The zero-order chi connectivity index (χ0) is 27.2. The average molecular weight is 530 g/mol. The number of nitrogens with one attached hydrogen (secondary N) is 1. The molecule has 3 atom stereocenters. The molecule has 0 saturated heterocycles. The topological polar surface area (TPSA) is 85.7 Å². The molecule has 1 aromatic heterocycles. The van der Waals surface area contributed by atoms with E-state index < -0.39 is 17.5 Å². The van der Waals surface area contributed by atoms with Crippen LogP contribution in [0.2, 0.25) is 0 Å². The Labute approximate surface area is 227 Å². The monoisotopic (exact) mass is 529 g/mol. The van der Waals surface area contributed by atoms with E-state index >= 15 is 0 Å². The number of hydrogen-bond donors (Lipinski definition) is 2. The molecule has 1 aliphatic rings. The van der Waals surface area contributed by atoms with Crippen LogP contribution in [0.15, 0.2) is 91.4 Å². The molecule has 1 fully saturated rings. The van der Waals surface area contributed by atoms with Gasteiger partial charge in [0.1, 0.15) is 23.4 Å². The molecule has 202 valence electrons. The summed E-state index contributed by atoms with van der Waals surface area (Å²) in [6, 6.07) is 25.6. The maximum atomic E-state index is 14.1. The number of aromatic nitrogens is 2. The highest BCUT2D eigenvalue weighted by atomic mass is 19.1. The molecule has 2 N–H and O–H groups in total. The lowest BCUT2D eigenvalue weighted by atomic mass is 9.80. The highest BCUT2D eigenvalue weighted by Gasteiger charge is 2.41. The van der Waals surface area contributed by atoms with Crippen molar-refractivity contribution >= 4 is 5.82 Å². The summed E-state index contributed by atoms with van der Waals surface area (Å²) in [5.41, 5.74) is 1.82. The summed E-state index contributed by atoms with van der Waals surface area (Å²) in [4.78, 5) is 7.70. The van der Waals surface area contributed by atoms with Crippen LogP contribution in [-0.2, 0) is 10.3 Å². The minimum absolute atomic E-state index is 0.138. The third-order valence-corrected chi connectivity index (χ3v) is 7.35. The van der Waals surface area contributed by atoms with Gasteiger partial charge < -0.3 is 24.6 Å². The van der Waals surface area contributed by atoms with Crippen molar-refractivity contribution in [3.05, 3.63) is 114 Å². The Bertz CT molecular complexity index is 1310. The zero-order valence-electron chi connectivity index (χ0n) is 22.0. The summed E-state index contributed by atoms with van der Waals surface area (Å²) in [7, 11) is 3.28. The molecular weight excluding hydrogens is 497 g/mol. The molecule has 8 heteroatoms. The molecule has 0 radical (unpaired) electrons. The Morgan fingerprint density at radius 2 is 1.46 bits per heavy atom. The van der Waals surface area contributed by atoms with E-state index in [0.29, 0.717) is 12.8 Å². The fourth-order valence-electron chi connectivity index (χ4n) is 5.32. The van der Waals surface area contributed by atoms with Crippen LogP contribution in [0.1, 0.15) is 29.5 Å². The molecule has 0 aliphatic heterocycles. The molecule has 0 amide bonds. The fourth-order valence-corrected chi connectivity index (χ4v) is 5.32. The predicted molar refractivity (Wildman–Crippen MR) is 146 cm³/mol. The number of hydrogen-bond acceptors (Lipinski definition) is 7. The molecule has 0 bridgehead atoms. The molecule has 5 rings (SSSR count). The van der Waals surface area contributed by atoms with Crippen LogP contribution < -0.4 is 14.8 Å². The van der Waals surface area contributed by atoms with Crippen molar-refractivity contribution in [2.45, 2.75) is 30.6 Å². The molecule has 3 aromatic carbocycles. The second-order valence-corrected chi connectivity index (χ2v) is 9.67. The molecule has 0 spiro atoms. The van der Waals surface area contributed by atoms with E-state index in [9.17, 15) is 9.50 Å². The van der Waals surface area contributed by atoms with Crippen LogP contribution in [0.25, 0.3) is 0 Å². The van der Waals surface area contributed by atoms with Gasteiger partial charge in [-0.2, -0.15) is 0 Å². The van der Waals surface area contributed by atoms with Gasteiger partial charge in [0.25, 0.3) is 0 Å². The number of ether oxygens (including phenoxy) is 3. The number of anilines is 1. The van der Waals surface area contributed by atoms with Crippen LogP contribution in [0, 0.1) is 11.7 Å². The SMILES string of the molecule is COc1ccc(C(OC[C@H]2C[C@@H](Nc3ncncc3F)C[C@@H]2O)(c2ccccc2)c2ccc(OC)cc2)cc1. The van der Waals surface area contributed by atoms with Crippen molar-refractivity contribution in [1.29, 1.82) is 0 Å². The van der Waals surface area contributed by atoms with Crippen LogP contribution >= 0.6 is 0 Å². The van der Waals surface area contributed by atoms with E-state index in [0.717, 1.165) is 34.4 Å². The lowest BCUT2D eigenvalue weighted by Gasteiger charge is -2.37. The molecule has 1 aliphatic carbocycles. The van der Waals surface area contributed by atoms with E-state index in [1.54, 1.807) is 14.2 Å². The number of aliphatic hydroxyl groups excluding tert-OH is 1. The first-order valence-electron chi connectivity index (χ1n) is 12.9. The van der Waals surface area contributed by atoms with E-state index in [1.165, 1.54) is 6.33 Å². The smallest absolute Gasteiger partial charge is 0.183 e. The summed E-state index contributed by atoms with van der Waals surface area (Å²) in [5, 5.41) is 14.1. The van der Waals surface area contributed by atoms with Gasteiger partial charge in [0.2, 0.25) is 0 Å². The van der Waals surface area contributed by atoms with Gasteiger partial charge in [-0.3, -0.25) is 0 Å². The van der Waals surface area contributed by atoms with Crippen molar-refractivity contribution in [2.24, 2.45) is 5.92 Å². The summed E-state index contributed by atoms with van der Waals surface area (Å²) in [6.45, 7) is 0.276. The predicted octanol–water partition coefficient (Wildman–Crippen LogP) is 5.19. The van der Waals surface area contributed by atoms with Crippen LogP contribution in [0.4, 0.5) is 10.2 Å². The standard InChI is InChI=1S/C31H32FN3O4/c1-37-26-12-8-23(9-13-26)31(22-6-4-3-5-7-22,24-10-14-27(38-2)15-11-24)39-19-21-16-25(17-29(21)36)35-30-28(32)18-33-20-34-30/h3-15,18,20-21,25,29,36H,16-17,19H2,1-2H3,(H,33,34,35)/t21-,25-,29+/m1/s1. The van der Waals surface area contributed by atoms with Crippen LogP contribution in [-0.4, -0.2) is 48.0 Å². The molecule has 1 saturated carbocycles. The number of nitrogens with zero attached hydrogens (tertiary/aromatic N) is 2. The molecule has 0 unspecified atom stereocenters. The molecule has 4 aromatic rings. The van der Waals surface area contributed by atoms with Gasteiger partial charge in [-0.15, -0.1) is 0 Å². The van der Waals surface area contributed by atoms with E-state index in [2.05, 4.69) is 15.3 Å². The van der Waals surface area contributed by atoms with Gasteiger partial charge in [-0.05, 0) is 53.8 Å². The maximum absolute atomic E-state index is 14.1. The minimum atomic E-state index is -0.968. The first kappa shape index (κ1) is 26.6. The summed E-state index contributed by atoms with van der Waals surface area (Å²) in [5.74, 6) is 0.930. The Morgan fingerprint density at radius 3 is 2.03 bits per heavy atom. The maximum Gasteiger partial charge on any atom is 0.183 e. The van der Waals surface area contributed by atoms with Crippen molar-refractivity contribution < 1.29 is 23.7 Å². The van der Waals surface area contributed by atoms with E-state index in [1.807, 2.05) is 78.9 Å². The van der Waals surface area contributed by atoms with Gasteiger partial charge in [0.05, 0.1) is 33.1 Å². The Hall–Kier alpha value is -4.01. The van der Waals surface area contributed by atoms with Crippen molar-refractivity contribution in [3.8, 4) is 11.5 Å². The first-order valence-corrected chi connectivity index (χ1v) is 12.9. The first-order chi connectivity index (χ1) is 19.0. The molecule has 7 nitrogen and oxygen atoms in total. The Kier molecular flexibility index (Phi) is 8.05. The minimum Gasteiger partial charge on any atom is -0.497 e. The largest absolute Gasteiger partial charge is 0.497 e. The number of methoxy groups -OCH3 is 2. The summed E-state index contributed by atoms with van der Waals surface area (Å²) < 4.78 is 31.9. The van der Waals surface area contributed by atoms with Crippen molar-refractivity contribution in [1.82, 2.24) is 9.97 Å². The number of aliphatic hydroxyl groups is 1. The van der Waals surface area contributed by atoms with E-state index in [-0.39, 0.29) is 24.4 Å². The van der Waals surface area contributed by atoms with Gasteiger partial charge in [0.15, 0.2) is 11.6 Å². The highest BCUT2D eigenvalue weighted by molar-refractivity contribution is 5.49. The lowest BCUT2D eigenvalue weighted by Crippen LogP contribution is -2.35. The third-order valence-electron chi connectivity index (χ3n) is 7.35. The molecule has 1 heterocycles. The quantitative estimate of drug-likeness (QED) is 0.273. The van der Waals surface area contributed by atoms with Crippen molar-refractivity contribution in [3.63, 3.8) is 0 Å². The lowest BCUT2D eigenvalue weighted by molar-refractivity contribution is -0.0295. The van der Waals surface area contributed by atoms with Gasteiger partial charge in [0, 0.05) is 12.0 Å². The second-order valence-electron chi connectivity index (χ2n) is 9.67. The Balaban J connectivity index is 1.49.